The first-order valence-electron chi connectivity index (χ1n) is 6.29. The second-order valence-corrected chi connectivity index (χ2v) is 4.96. The van der Waals surface area contributed by atoms with Gasteiger partial charge in [-0.2, -0.15) is 0 Å². The normalized spacial score (nSPS) is 24.8. The highest BCUT2D eigenvalue weighted by Gasteiger charge is 2.24. The van der Waals surface area contributed by atoms with Gasteiger partial charge in [0.1, 0.15) is 5.82 Å². The van der Waals surface area contributed by atoms with E-state index in [1.54, 1.807) is 18.3 Å². The molecule has 1 aliphatic heterocycles. The zero-order chi connectivity index (χ0) is 13.1. The van der Waals surface area contributed by atoms with Gasteiger partial charge in [-0.15, -0.1) is 0 Å². The molecule has 5 nitrogen and oxygen atoms in total. The topological polar surface area (TPSA) is 71.2 Å². The van der Waals surface area contributed by atoms with Crippen molar-refractivity contribution in [3.05, 3.63) is 23.9 Å². The lowest BCUT2D eigenvalue weighted by atomic mass is 9.98. The zero-order valence-corrected chi connectivity index (χ0v) is 10.9. The average Bonchev–Trinajstić information content (AvgIpc) is 2.34. The fourth-order valence-corrected chi connectivity index (χ4v) is 2.29. The predicted molar refractivity (Wildman–Crippen MR) is 71.2 cm³/mol. The molecule has 98 valence electrons. The Hall–Kier alpha value is -1.62. The standard InChI is InChI=1S/C13H20N4O/c1-9-8-10(5-7-17(9)2)16-13(18)11-4-3-6-15-12(11)14/h3-4,6,9-10H,5,7-8H2,1-2H3,(H2,14,15)(H,16,18). The number of carbonyl (C=O) groups excluding carboxylic acids is 1. The Labute approximate surface area is 107 Å². The number of rotatable bonds is 2. The molecule has 2 atom stereocenters. The minimum atomic E-state index is -0.123. The monoisotopic (exact) mass is 248 g/mol. The van der Waals surface area contributed by atoms with Crippen LogP contribution in [0.3, 0.4) is 0 Å². The smallest absolute Gasteiger partial charge is 0.255 e. The molecule has 2 unspecified atom stereocenters. The van der Waals surface area contributed by atoms with E-state index in [2.05, 4.69) is 29.2 Å². The van der Waals surface area contributed by atoms with Gasteiger partial charge in [0.05, 0.1) is 5.56 Å². The highest BCUT2D eigenvalue weighted by atomic mass is 16.1. The van der Waals surface area contributed by atoms with Crippen LogP contribution >= 0.6 is 0 Å². The Kier molecular flexibility index (Phi) is 3.81. The largest absolute Gasteiger partial charge is 0.383 e. The molecule has 1 saturated heterocycles. The number of aromatic nitrogens is 1. The number of nitrogen functional groups attached to an aromatic ring is 1. The fourth-order valence-electron chi connectivity index (χ4n) is 2.29. The molecule has 18 heavy (non-hydrogen) atoms. The fraction of sp³-hybridized carbons (Fsp3) is 0.538. The lowest BCUT2D eigenvalue weighted by Gasteiger charge is -2.35. The van der Waals surface area contributed by atoms with Crippen LogP contribution in [0.4, 0.5) is 5.82 Å². The summed E-state index contributed by atoms with van der Waals surface area (Å²) in [6, 6.07) is 4.15. The summed E-state index contributed by atoms with van der Waals surface area (Å²) in [5.41, 5.74) is 6.16. The maximum Gasteiger partial charge on any atom is 0.255 e. The van der Waals surface area contributed by atoms with Gasteiger partial charge in [0, 0.05) is 24.8 Å². The summed E-state index contributed by atoms with van der Waals surface area (Å²) in [6.45, 7) is 3.19. The Bertz CT molecular complexity index is 435. The molecule has 1 amide bonds. The second-order valence-electron chi connectivity index (χ2n) is 4.96. The minimum absolute atomic E-state index is 0.123. The number of nitrogens with two attached hydrogens (primary N) is 1. The van der Waals surface area contributed by atoms with Gasteiger partial charge >= 0.3 is 0 Å². The van der Waals surface area contributed by atoms with Crippen LogP contribution < -0.4 is 11.1 Å². The number of nitrogens with zero attached hydrogens (tertiary/aromatic N) is 2. The molecule has 1 aromatic rings. The lowest BCUT2D eigenvalue weighted by Crippen LogP contribution is -2.47. The summed E-state index contributed by atoms with van der Waals surface area (Å²) in [5.74, 6) is 0.165. The number of amides is 1. The molecule has 5 heteroatoms. The SMILES string of the molecule is CC1CC(NC(=O)c2cccnc2N)CCN1C. The third kappa shape index (κ3) is 2.79. The van der Waals surface area contributed by atoms with Crippen molar-refractivity contribution < 1.29 is 4.79 Å². The van der Waals surface area contributed by atoms with Crippen molar-refractivity contribution in [1.82, 2.24) is 15.2 Å². The number of likely N-dealkylation sites (tertiary alicyclic amines) is 1. The van der Waals surface area contributed by atoms with Crippen molar-refractivity contribution in [3.63, 3.8) is 0 Å². The van der Waals surface area contributed by atoms with E-state index < -0.39 is 0 Å². The maximum atomic E-state index is 12.1. The van der Waals surface area contributed by atoms with Crippen molar-refractivity contribution in [2.24, 2.45) is 0 Å². The Morgan fingerprint density at radius 1 is 1.61 bits per heavy atom. The van der Waals surface area contributed by atoms with Gasteiger partial charge in [0.25, 0.3) is 5.91 Å². The van der Waals surface area contributed by atoms with Gasteiger partial charge in [-0.05, 0) is 38.9 Å². The van der Waals surface area contributed by atoms with Crippen LogP contribution in [0.2, 0.25) is 0 Å². The van der Waals surface area contributed by atoms with E-state index in [4.69, 9.17) is 5.73 Å². The van der Waals surface area contributed by atoms with Crippen molar-refractivity contribution in [2.45, 2.75) is 31.8 Å². The molecule has 2 heterocycles. The van der Waals surface area contributed by atoms with Crippen LogP contribution in [0.5, 0.6) is 0 Å². The number of nitrogens with one attached hydrogen (secondary N) is 1. The highest BCUT2D eigenvalue weighted by Crippen LogP contribution is 2.16. The summed E-state index contributed by atoms with van der Waals surface area (Å²) < 4.78 is 0. The van der Waals surface area contributed by atoms with E-state index in [1.807, 2.05) is 0 Å². The molecule has 0 saturated carbocycles. The molecule has 3 N–H and O–H groups in total. The molecule has 2 rings (SSSR count). The quantitative estimate of drug-likeness (QED) is 0.815. The van der Waals surface area contributed by atoms with Crippen LogP contribution in [0.25, 0.3) is 0 Å². The van der Waals surface area contributed by atoms with Gasteiger partial charge in [0.15, 0.2) is 0 Å². The predicted octanol–water partition coefficient (Wildman–Crippen LogP) is 0.876. The van der Waals surface area contributed by atoms with Gasteiger partial charge in [-0.1, -0.05) is 0 Å². The van der Waals surface area contributed by atoms with Gasteiger partial charge < -0.3 is 16.0 Å². The van der Waals surface area contributed by atoms with Crippen LogP contribution in [0.15, 0.2) is 18.3 Å². The van der Waals surface area contributed by atoms with Gasteiger partial charge in [-0.3, -0.25) is 4.79 Å². The summed E-state index contributed by atoms with van der Waals surface area (Å²) >= 11 is 0. The zero-order valence-electron chi connectivity index (χ0n) is 10.9. The van der Waals surface area contributed by atoms with E-state index in [9.17, 15) is 4.79 Å². The van der Waals surface area contributed by atoms with E-state index in [0.29, 0.717) is 11.6 Å². The number of anilines is 1. The molecule has 0 bridgehead atoms. The minimum Gasteiger partial charge on any atom is -0.383 e. The van der Waals surface area contributed by atoms with Crippen molar-refractivity contribution in [2.75, 3.05) is 19.3 Å². The van der Waals surface area contributed by atoms with Crippen molar-refractivity contribution in [3.8, 4) is 0 Å². The molecule has 1 aromatic heterocycles. The number of carbonyl (C=O) groups is 1. The van der Waals surface area contributed by atoms with Crippen LogP contribution in [0.1, 0.15) is 30.1 Å². The maximum absolute atomic E-state index is 12.1. The first-order valence-corrected chi connectivity index (χ1v) is 6.29. The van der Waals surface area contributed by atoms with Crippen LogP contribution in [-0.2, 0) is 0 Å². The van der Waals surface area contributed by atoms with Crippen LogP contribution in [0, 0.1) is 0 Å². The third-order valence-corrected chi connectivity index (χ3v) is 3.63. The molecule has 1 aliphatic rings. The summed E-state index contributed by atoms with van der Waals surface area (Å²) in [7, 11) is 2.11. The molecule has 0 aromatic carbocycles. The molecular formula is C13H20N4O. The third-order valence-electron chi connectivity index (χ3n) is 3.63. The molecular weight excluding hydrogens is 228 g/mol. The second kappa shape index (κ2) is 5.35. The Balaban J connectivity index is 1.98. The summed E-state index contributed by atoms with van der Waals surface area (Å²) in [6.07, 6.45) is 3.54. The lowest BCUT2D eigenvalue weighted by molar-refractivity contribution is 0.0897. The number of hydrogen-bond acceptors (Lipinski definition) is 4. The van der Waals surface area contributed by atoms with E-state index >= 15 is 0 Å². The number of pyridine rings is 1. The van der Waals surface area contributed by atoms with E-state index in [-0.39, 0.29) is 17.8 Å². The first-order chi connectivity index (χ1) is 8.58. The molecule has 0 radical (unpaired) electrons. The molecule has 0 aliphatic carbocycles. The van der Waals surface area contributed by atoms with E-state index in [1.165, 1.54) is 0 Å². The van der Waals surface area contributed by atoms with Gasteiger partial charge in [0.2, 0.25) is 0 Å². The molecule has 0 spiro atoms. The van der Waals surface area contributed by atoms with E-state index in [0.717, 1.165) is 19.4 Å². The van der Waals surface area contributed by atoms with Crippen molar-refractivity contribution in [1.29, 1.82) is 0 Å². The average molecular weight is 248 g/mol. The molecule has 1 fully saturated rings. The van der Waals surface area contributed by atoms with Crippen LogP contribution in [-0.4, -0.2) is 41.5 Å². The Morgan fingerprint density at radius 3 is 3.06 bits per heavy atom. The van der Waals surface area contributed by atoms with Gasteiger partial charge in [-0.25, -0.2) is 4.98 Å². The van der Waals surface area contributed by atoms with Crippen molar-refractivity contribution >= 4 is 11.7 Å². The number of piperidine rings is 1. The number of hydrogen-bond donors (Lipinski definition) is 2. The Morgan fingerprint density at radius 2 is 2.39 bits per heavy atom. The first kappa shape index (κ1) is 12.8. The summed E-state index contributed by atoms with van der Waals surface area (Å²) in [4.78, 5) is 18.3. The highest BCUT2D eigenvalue weighted by molar-refractivity contribution is 5.98. The summed E-state index contributed by atoms with van der Waals surface area (Å²) in [5, 5.41) is 3.04.